The molecule has 0 aliphatic heterocycles. The molecule has 0 atom stereocenters. The van der Waals surface area contributed by atoms with Crippen molar-refractivity contribution in [3.05, 3.63) is 42.0 Å². The fourth-order valence-electron chi connectivity index (χ4n) is 2.49. The lowest BCUT2D eigenvalue weighted by Gasteiger charge is -2.05. The first-order valence-electron chi connectivity index (χ1n) is 6.57. The first-order chi connectivity index (χ1) is 9.99. The van der Waals surface area contributed by atoms with Gasteiger partial charge in [0.05, 0.1) is 11.3 Å². The van der Waals surface area contributed by atoms with E-state index in [-0.39, 0.29) is 5.82 Å². The van der Waals surface area contributed by atoms with Gasteiger partial charge in [-0.15, -0.1) is 0 Å². The van der Waals surface area contributed by atoms with Crippen molar-refractivity contribution < 1.29 is 4.39 Å². The third-order valence-corrected chi connectivity index (χ3v) is 3.50. The van der Waals surface area contributed by atoms with Gasteiger partial charge in [0, 0.05) is 31.4 Å². The Morgan fingerprint density at radius 1 is 1.10 bits per heavy atom. The molecular weight excluding hydrogens is 269 g/mol. The highest BCUT2D eigenvalue weighted by Crippen LogP contribution is 2.37. The van der Waals surface area contributed by atoms with Crippen LogP contribution in [-0.4, -0.2) is 19.6 Å². The number of rotatable bonds is 2. The van der Waals surface area contributed by atoms with Crippen LogP contribution in [0.5, 0.6) is 0 Å². The Balaban J connectivity index is 2.31. The van der Waals surface area contributed by atoms with Gasteiger partial charge in [0.25, 0.3) is 0 Å². The lowest BCUT2D eigenvalue weighted by molar-refractivity contribution is 0.631. The summed E-state index contributed by atoms with van der Waals surface area (Å²) >= 11 is 0. The number of anilines is 1. The van der Waals surface area contributed by atoms with Crippen LogP contribution in [-0.2, 0) is 14.1 Å². The molecule has 0 unspecified atom stereocenters. The summed E-state index contributed by atoms with van der Waals surface area (Å²) in [6, 6.07) is 6.56. The Morgan fingerprint density at radius 2 is 1.81 bits per heavy atom. The van der Waals surface area contributed by atoms with E-state index in [4.69, 9.17) is 5.73 Å². The van der Waals surface area contributed by atoms with Crippen molar-refractivity contribution in [3.63, 3.8) is 0 Å². The minimum atomic E-state index is -0.319. The zero-order chi connectivity index (χ0) is 15.1. The average Bonchev–Trinajstić information content (AvgIpc) is 2.91. The van der Waals surface area contributed by atoms with E-state index < -0.39 is 0 Å². The molecule has 0 amide bonds. The van der Waals surface area contributed by atoms with E-state index in [1.165, 1.54) is 6.07 Å². The van der Waals surface area contributed by atoms with Crippen molar-refractivity contribution in [2.24, 2.45) is 14.1 Å². The highest BCUT2D eigenvalue weighted by Gasteiger charge is 2.22. The summed E-state index contributed by atoms with van der Waals surface area (Å²) in [6.45, 7) is 1.89. The van der Waals surface area contributed by atoms with Crippen molar-refractivity contribution in [2.75, 3.05) is 5.73 Å². The van der Waals surface area contributed by atoms with Crippen LogP contribution in [0.25, 0.3) is 22.4 Å². The van der Waals surface area contributed by atoms with Gasteiger partial charge in [0.15, 0.2) is 0 Å². The Labute approximate surface area is 121 Å². The minimum absolute atomic E-state index is 0.319. The predicted octanol–water partition coefficient (Wildman–Crippen LogP) is 2.52. The fraction of sp³-hybridized carbons (Fsp3) is 0.200. The molecule has 0 saturated carbocycles. The van der Waals surface area contributed by atoms with Gasteiger partial charge in [-0.2, -0.15) is 10.2 Å². The summed E-state index contributed by atoms with van der Waals surface area (Å²) < 4.78 is 17.4. The Morgan fingerprint density at radius 3 is 2.43 bits per heavy atom. The molecule has 2 aromatic heterocycles. The van der Waals surface area contributed by atoms with E-state index in [1.807, 2.05) is 20.2 Å². The third-order valence-electron chi connectivity index (χ3n) is 3.50. The number of nitrogens with two attached hydrogens (primary N) is 1. The Kier molecular flexibility index (Phi) is 3.01. The molecule has 0 fully saturated rings. The number of nitrogens with zero attached hydrogens (tertiary/aromatic N) is 4. The lowest BCUT2D eigenvalue weighted by atomic mass is 10.0. The van der Waals surface area contributed by atoms with E-state index in [0.29, 0.717) is 22.6 Å². The molecule has 2 heterocycles. The second-order valence-electron chi connectivity index (χ2n) is 5.01. The lowest BCUT2D eigenvalue weighted by Crippen LogP contribution is -1.98. The van der Waals surface area contributed by atoms with Crippen LogP contribution in [0.4, 0.5) is 10.2 Å². The van der Waals surface area contributed by atoms with Crippen LogP contribution in [0.2, 0.25) is 0 Å². The minimum Gasteiger partial charge on any atom is -0.383 e. The molecule has 0 aliphatic carbocycles. The molecule has 0 aliphatic rings. The largest absolute Gasteiger partial charge is 0.383 e. The monoisotopic (exact) mass is 285 g/mol. The van der Waals surface area contributed by atoms with Crippen LogP contribution in [0.15, 0.2) is 30.5 Å². The molecule has 0 spiro atoms. The summed E-state index contributed by atoms with van der Waals surface area (Å²) in [4.78, 5) is 0. The zero-order valence-electron chi connectivity index (χ0n) is 12.1. The molecule has 1 aromatic carbocycles. The number of aryl methyl sites for hydroxylation is 3. The molecule has 21 heavy (non-hydrogen) atoms. The fourth-order valence-corrected chi connectivity index (χ4v) is 2.49. The highest BCUT2D eigenvalue weighted by atomic mass is 19.1. The maximum Gasteiger partial charge on any atom is 0.131 e. The van der Waals surface area contributed by atoms with Gasteiger partial charge in [-0.05, 0) is 13.0 Å². The molecule has 3 rings (SSSR count). The summed E-state index contributed by atoms with van der Waals surface area (Å²) in [5.74, 6) is 0.110. The molecular formula is C15H16FN5. The van der Waals surface area contributed by atoms with Gasteiger partial charge in [-0.1, -0.05) is 18.2 Å². The van der Waals surface area contributed by atoms with E-state index in [0.717, 1.165) is 11.3 Å². The summed E-state index contributed by atoms with van der Waals surface area (Å²) in [5.41, 5.74) is 9.48. The number of halogens is 1. The van der Waals surface area contributed by atoms with Crippen LogP contribution in [0.3, 0.4) is 0 Å². The van der Waals surface area contributed by atoms with Gasteiger partial charge >= 0.3 is 0 Å². The van der Waals surface area contributed by atoms with Crippen molar-refractivity contribution in [1.29, 1.82) is 0 Å². The first kappa shape index (κ1) is 13.4. The van der Waals surface area contributed by atoms with E-state index in [9.17, 15) is 4.39 Å². The van der Waals surface area contributed by atoms with Crippen molar-refractivity contribution in [3.8, 4) is 22.4 Å². The Bertz CT molecular complexity index is 816. The van der Waals surface area contributed by atoms with E-state index >= 15 is 0 Å². The summed E-state index contributed by atoms with van der Waals surface area (Å²) in [6.07, 6.45) is 1.86. The molecule has 2 N–H and O–H groups in total. The average molecular weight is 285 g/mol. The molecule has 0 radical (unpaired) electrons. The number of aromatic nitrogens is 4. The second-order valence-corrected chi connectivity index (χ2v) is 5.01. The molecule has 3 aromatic rings. The molecule has 0 bridgehead atoms. The molecule has 0 saturated heterocycles. The Hall–Kier alpha value is -2.63. The topological polar surface area (TPSA) is 61.7 Å². The van der Waals surface area contributed by atoms with Gasteiger partial charge in [-0.3, -0.25) is 9.36 Å². The second kappa shape index (κ2) is 4.73. The van der Waals surface area contributed by atoms with E-state index in [1.54, 1.807) is 34.6 Å². The van der Waals surface area contributed by atoms with Crippen molar-refractivity contribution in [1.82, 2.24) is 19.6 Å². The van der Waals surface area contributed by atoms with Crippen molar-refractivity contribution >= 4 is 5.82 Å². The molecule has 108 valence electrons. The number of benzene rings is 1. The maximum absolute atomic E-state index is 14.2. The zero-order valence-corrected chi connectivity index (χ0v) is 12.1. The third kappa shape index (κ3) is 2.08. The smallest absolute Gasteiger partial charge is 0.131 e. The quantitative estimate of drug-likeness (QED) is 0.787. The van der Waals surface area contributed by atoms with Crippen molar-refractivity contribution in [2.45, 2.75) is 6.92 Å². The van der Waals surface area contributed by atoms with Crippen LogP contribution >= 0.6 is 0 Å². The maximum atomic E-state index is 14.2. The number of hydrogen-bond acceptors (Lipinski definition) is 3. The summed E-state index contributed by atoms with van der Waals surface area (Å²) in [7, 11) is 3.58. The van der Waals surface area contributed by atoms with E-state index in [2.05, 4.69) is 10.2 Å². The molecule has 6 heteroatoms. The van der Waals surface area contributed by atoms with Crippen LogP contribution < -0.4 is 5.73 Å². The van der Waals surface area contributed by atoms with Gasteiger partial charge in [-0.25, -0.2) is 4.39 Å². The standard InChI is InChI=1S/C15H16FN5/c1-9-11(8-20(2)18-9)14-13(15(17)21(3)19-14)10-6-4-5-7-12(10)16/h4-8H,17H2,1-3H3. The van der Waals surface area contributed by atoms with Gasteiger partial charge in [0.1, 0.15) is 17.3 Å². The van der Waals surface area contributed by atoms with Gasteiger partial charge in [0.2, 0.25) is 0 Å². The van der Waals surface area contributed by atoms with Crippen LogP contribution in [0, 0.1) is 12.7 Å². The van der Waals surface area contributed by atoms with Gasteiger partial charge < -0.3 is 5.73 Å². The highest BCUT2D eigenvalue weighted by molar-refractivity contribution is 5.88. The SMILES string of the molecule is Cc1nn(C)cc1-c1nn(C)c(N)c1-c1ccccc1F. The molecule has 5 nitrogen and oxygen atoms in total. The normalized spacial score (nSPS) is 11.0. The number of hydrogen-bond donors (Lipinski definition) is 1. The first-order valence-corrected chi connectivity index (χ1v) is 6.57. The number of nitrogen functional groups attached to an aromatic ring is 1. The predicted molar refractivity (Wildman–Crippen MR) is 80.0 cm³/mol. The summed E-state index contributed by atoms with van der Waals surface area (Å²) in [5, 5.41) is 8.76. The van der Waals surface area contributed by atoms with Crippen LogP contribution in [0.1, 0.15) is 5.69 Å².